The topological polar surface area (TPSA) is 140 Å². The van der Waals surface area contributed by atoms with E-state index in [9.17, 15) is 13.2 Å². The lowest BCUT2D eigenvalue weighted by Crippen LogP contribution is -2.40. The number of nitrogens with zero attached hydrogens (tertiary/aromatic N) is 4. The fraction of sp³-hybridized carbons (Fsp3) is 0.517. The fourth-order valence-corrected chi connectivity index (χ4v) is 6.97. The Morgan fingerprint density at radius 1 is 1.15 bits per heavy atom. The first-order valence-electron chi connectivity index (χ1n) is 13.9. The number of hydrogen-bond donors (Lipinski definition) is 2. The van der Waals surface area contributed by atoms with Gasteiger partial charge >= 0.3 is 0 Å². The van der Waals surface area contributed by atoms with E-state index >= 15 is 0 Å². The quantitative estimate of drug-likeness (QED) is 0.529. The molecule has 10 nitrogen and oxygen atoms in total. The van der Waals surface area contributed by atoms with E-state index in [4.69, 9.17) is 15.5 Å². The van der Waals surface area contributed by atoms with Crippen molar-refractivity contribution in [3.63, 3.8) is 0 Å². The van der Waals surface area contributed by atoms with Gasteiger partial charge in [-0.3, -0.25) is 14.7 Å². The molecule has 2 aromatic rings. The van der Waals surface area contributed by atoms with Crippen LogP contribution in [0, 0.1) is 29.6 Å². The first-order valence-corrected chi connectivity index (χ1v) is 15.7. The summed E-state index contributed by atoms with van der Waals surface area (Å²) in [6.07, 6.45) is 7.29. The van der Waals surface area contributed by atoms with E-state index in [1.165, 1.54) is 0 Å². The SMILES string of the molecule is COc1cccc(NC(=O)C2CCC([C@@H]3C=Nc4c(N)nc(C#CCN5CCS(=O)(=O)CC5)nc4CC3)CC2)c1. The molecule has 1 aromatic heterocycles. The van der Waals surface area contributed by atoms with E-state index in [0.29, 0.717) is 48.8 Å². The molecule has 11 heteroatoms. The number of aromatic nitrogens is 2. The Morgan fingerprint density at radius 3 is 2.67 bits per heavy atom. The molecule has 1 amide bonds. The number of amides is 1. The van der Waals surface area contributed by atoms with Crippen molar-refractivity contribution >= 4 is 39.2 Å². The summed E-state index contributed by atoms with van der Waals surface area (Å²) in [5.41, 5.74) is 8.44. The van der Waals surface area contributed by atoms with Gasteiger partial charge in [0, 0.05) is 37.0 Å². The minimum atomic E-state index is -2.91. The van der Waals surface area contributed by atoms with Gasteiger partial charge in [0.15, 0.2) is 15.7 Å². The van der Waals surface area contributed by atoms with Crippen molar-refractivity contribution in [2.45, 2.75) is 38.5 Å². The molecule has 2 fully saturated rings. The lowest BCUT2D eigenvalue weighted by Gasteiger charge is -2.31. The molecule has 212 valence electrons. The molecule has 3 N–H and O–H groups in total. The predicted octanol–water partition coefficient (Wildman–Crippen LogP) is 2.86. The van der Waals surface area contributed by atoms with Crippen LogP contribution < -0.4 is 15.8 Å². The molecular weight excluding hydrogens is 528 g/mol. The minimum Gasteiger partial charge on any atom is -0.497 e. The van der Waals surface area contributed by atoms with E-state index in [2.05, 4.69) is 27.1 Å². The van der Waals surface area contributed by atoms with Gasteiger partial charge < -0.3 is 15.8 Å². The minimum absolute atomic E-state index is 0.000604. The second-order valence-corrected chi connectivity index (χ2v) is 13.1. The van der Waals surface area contributed by atoms with Gasteiger partial charge in [-0.25, -0.2) is 18.4 Å². The van der Waals surface area contributed by atoms with Crippen molar-refractivity contribution in [1.29, 1.82) is 0 Å². The number of aliphatic imine (C=N–C) groups is 1. The van der Waals surface area contributed by atoms with E-state index in [-0.39, 0.29) is 23.3 Å². The number of nitrogens with two attached hydrogens (primary N) is 1. The molecule has 2 aliphatic heterocycles. The summed E-state index contributed by atoms with van der Waals surface area (Å²) in [6, 6.07) is 7.43. The van der Waals surface area contributed by atoms with E-state index in [0.717, 1.165) is 55.7 Å². The molecule has 5 rings (SSSR count). The number of nitrogens with one attached hydrogen (secondary N) is 1. The molecule has 0 spiro atoms. The number of anilines is 2. The molecular formula is C29H36N6O4S. The Morgan fingerprint density at radius 2 is 1.93 bits per heavy atom. The zero-order valence-corrected chi connectivity index (χ0v) is 23.6. The Bertz CT molecular complexity index is 1430. The largest absolute Gasteiger partial charge is 0.497 e. The molecule has 1 saturated heterocycles. The second kappa shape index (κ2) is 12.4. The van der Waals surface area contributed by atoms with Crippen molar-refractivity contribution < 1.29 is 17.9 Å². The number of methoxy groups -OCH3 is 1. The average Bonchev–Trinajstić information content (AvgIpc) is 3.17. The first kappa shape index (κ1) is 28.1. The highest BCUT2D eigenvalue weighted by atomic mass is 32.2. The van der Waals surface area contributed by atoms with Gasteiger partial charge in [-0.15, -0.1) is 0 Å². The Labute approximate surface area is 235 Å². The molecule has 0 unspecified atom stereocenters. The molecule has 1 saturated carbocycles. The summed E-state index contributed by atoms with van der Waals surface area (Å²) >= 11 is 0. The zero-order valence-electron chi connectivity index (χ0n) is 22.8. The van der Waals surface area contributed by atoms with Crippen LogP contribution in [0.5, 0.6) is 5.75 Å². The molecule has 0 radical (unpaired) electrons. The fourth-order valence-electron chi connectivity index (χ4n) is 5.69. The van der Waals surface area contributed by atoms with Gasteiger partial charge in [0.2, 0.25) is 11.7 Å². The van der Waals surface area contributed by atoms with Crippen LogP contribution in [0.2, 0.25) is 0 Å². The van der Waals surface area contributed by atoms with Gasteiger partial charge in [-0.1, -0.05) is 12.0 Å². The monoisotopic (exact) mass is 564 g/mol. The highest BCUT2D eigenvalue weighted by Gasteiger charge is 2.31. The lowest BCUT2D eigenvalue weighted by molar-refractivity contribution is -0.121. The number of benzene rings is 1. The maximum Gasteiger partial charge on any atom is 0.227 e. The number of carbonyl (C=O) groups is 1. The molecule has 1 aromatic carbocycles. The summed E-state index contributed by atoms with van der Waals surface area (Å²) in [5, 5.41) is 3.04. The van der Waals surface area contributed by atoms with E-state index < -0.39 is 9.84 Å². The van der Waals surface area contributed by atoms with Gasteiger partial charge in [0.1, 0.15) is 11.4 Å². The van der Waals surface area contributed by atoms with Crippen LogP contribution in [0.3, 0.4) is 0 Å². The average molecular weight is 565 g/mol. The summed E-state index contributed by atoms with van der Waals surface area (Å²) in [4.78, 5) is 28.6. The predicted molar refractivity (Wildman–Crippen MR) is 155 cm³/mol. The van der Waals surface area contributed by atoms with Gasteiger partial charge in [-0.2, -0.15) is 0 Å². The highest BCUT2D eigenvalue weighted by Crippen LogP contribution is 2.38. The summed E-state index contributed by atoms with van der Waals surface area (Å²) in [6.45, 7) is 1.46. The number of rotatable bonds is 5. The molecule has 0 bridgehead atoms. The van der Waals surface area contributed by atoms with Crippen molar-refractivity contribution in [3.8, 4) is 17.6 Å². The third-order valence-electron chi connectivity index (χ3n) is 8.12. The summed E-state index contributed by atoms with van der Waals surface area (Å²) < 4.78 is 28.5. The van der Waals surface area contributed by atoms with Crippen molar-refractivity contribution in [2.24, 2.45) is 22.7 Å². The van der Waals surface area contributed by atoms with Crippen LogP contribution in [-0.2, 0) is 21.1 Å². The lowest BCUT2D eigenvalue weighted by atomic mass is 9.74. The summed E-state index contributed by atoms with van der Waals surface area (Å²) in [7, 11) is -1.30. The molecule has 40 heavy (non-hydrogen) atoms. The Balaban J connectivity index is 1.14. The molecule has 1 atom stereocenters. The molecule has 1 aliphatic carbocycles. The van der Waals surface area contributed by atoms with Crippen molar-refractivity contribution in [2.75, 3.05) is 49.3 Å². The molecule has 3 heterocycles. The van der Waals surface area contributed by atoms with Crippen LogP contribution in [-0.4, -0.2) is 73.7 Å². The van der Waals surface area contributed by atoms with Crippen LogP contribution in [0.25, 0.3) is 0 Å². The van der Waals surface area contributed by atoms with E-state index in [1.54, 1.807) is 7.11 Å². The van der Waals surface area contributed by atoms with Gasteiger partial charge in [0.05, 0.1) is 30.9 Å². The van der Waals surface area contributed by atoms with Crippen LogP contribution in [0.4, 0.5) is 17.2 Å². The van der Waals surface area contributed by atoms with Gasteiger partial charge in [0.25, 0.3) is 0 Å². The van der Waals surface area contributed by atoms with Crippen LogP contribution >= 0.6 is 0 Å². The van der Waals surface area contributed by atoms with Crippen molar-refractivity contribution in [3.05, 3.63) is 35.8 Å². The zero-order chi connectivity index (χ0) is 28.1. The highest BCUT2D eigenvalue weighted by molar-refractivity contribution is 7.91. The Kier molecular flexibility index (Phi) is 8.66. The molecule has 3 aliphatic rings. The normalized spacial score (nSPS) is 24.2. The standard InChI is InChI=1S/C29H36N6O4S/c1-39-24-5-2-4-23(18-24)32-29(36)21-9-7-20(8-10-21)22-11-12-25-27(31-19-22)28(30)34-26(33-25)6-3-13-35-14-16-40(37,38)17-15-35/h2,4-5,18-22H,7-17H2,1H3,(H,32,36)(H2,30,33,34)/t20?,21?,22-/m0/s1. The third-order valence-corrected chi connectivity index (χ3v) is 9.73. The van der Waals surface area contributed by atoms with Crippen LogP contribution in [0.15, 0.2) is 29.3 Å². The second-order valence-electron chi connectivity index (χ2n) is 10.8. The maximum atomic E-state index is 12.9. The number of sulfone groups is 1. The number of carbonyl (C=O) groups excluding carboxylic acids is 1. The smallest absolute Gasteiger partial charge is 0.227 e. The maximum absolute atomic E-state index is 12.9. The van der Waals surface area contributed by atoms with Gasteiger partial charge in [-0.05, 0) is 68.4 Å². The number of fused-ring (bicyclic) bond motifs is 1. The third kappa shape index (κ3) is 6.98. The van der Waals surface area contributed by atoms with Crippen LogP contribution in [0.1, 0.15) is 43.6 Å². The number of ether oxygens (including phenoxy) is 1. The van der Waals surface area contributed by atoms with Crippen molar-refractivity contribution in [1.82, 2.24) is 14.9 Å². The van der Waals surface area contributed by atoms with E-state index in [1.807, 2.05) is 35.4 Å². The number of aryl methyl sites for hydroxylation is 1. The Hall–Kier alpha value is -3.49. The number of hydrogen-bond acceptors (Lipinski definition) is 9. The summed E-state index contributed by atoms with van der Waals surface area (Å²) in [5.74, 6) is 8.65. The number of nitrogen functional groups attached to an aromatic ring is 1. The first-order chi connectivity index (χ1) is 19.3.